The molecular weight excluding hydrogens is 843 g/mol. The van der Waals surface area contributed by atoms with Gasteiger partial charge in [0.1, 0.15) is 0 Å². The molecule has 69 heavy (non-hydrogen) atoms. The molecule has 0 aromatic heterocycles. The number of aliphatic hydroxyl groups is 2. The molecule has 4 nitrogen and oxygen atoms in total. The number of amides is 1. The molecule has 0 rings (SSSR count). The summed E-state index contributed by atoms with van der Waals surface area (Å²) >= 11 is 0. The normalized spacial score (nSPS) is 12.7. The molecule has 1 amide bonds. The fourth-order valence-corrected chi connectivity index (χ4v) is 10.6. The Kier molecular flexibility index (Phi) is 60.7. The first-order chi connectivity index (χ1) is 34.2. The molecule has 0 aliphatic heterocycles. The average molecular weight is 973 g/mol. The van der Waals surface area contributed by atoms with Gasteiger partial charge in [-0.2, -0.15) is 0 Å². The van der Waals surface area contributed by atoms with Crippen LogP contribution in [0.25, 0.3) is 0 Å². The molecule has 2 unspecified atom stereocenters. The summed E-state index contributed by atoms with van der Waals surface area (Å²) in [4.78, 5) is 12.5. The van der Waals surface area contributed by atoms with Gasteiger partial charge in [-0.05, 0) is 19.3 Å². The number of hydrogen-bond acceptors (Lipinski definition) is 3. The summed E-state index contributed by atoms with van der Waals surface area (Å²) in [6.45, 7) is 4.36. The monoisotopic (exact) mass is 972 g/mol. The first-order valence-corrected chi connectivity index (χ1v) is 32.4. The molecule has 0 heterocycles. The second-order valence-electron chi connectivity index (χ2n) is 22.6. The van der Waals surface area contributed by atoms with Crippen molar-refractivity contribution in [2.45, 2.75) is 392 Å². The smallest absolute Gasteiger partial charge is 0.220 e. The maximum absolute atomic E-state index is 12.5. The molecule has 0 aliphatic carbocycles. The molecule has 0 saturated heterocycles. The molecule has 0 aliphatic rings. The van der Waals surface area contributed by atoms with Crippen molar-refractivity contribution in [2.75, 3.05) is 6.61 Å². The van der Waals surface area contributed by atoms with E-state index in [0.717, 1.165) is 25.7 Å². The van der Waals surface area contributed by atoms with Crippen LogP contribution in [0.1, 0.15) is 380 Å². The summed E-state index contributed by atoms with van der Waals surface area (Å²) < 4.78 is 0. The fourth-order valence-electron chi connectivity index (χ4n) is 10.6. The molecular formula is C65H129NO3. The second-order valence-corrected chi connectivity index (χ2v) is 22.6. The highest BCUT2D eigenvalue weighted by molar-refractivity contribution is 5.76. The molecule has 0 spiro atoms. The molecule has 0 bridgehead atoms. The van der Waals surface area contributed by atoms with Crippen LogP contribution in [0.2, 0.25) is 0 Å². The zero-order valence-corrected chi connectivity index (χ0v) is 47.6. The zero-order chi connectivity index (χ0) is 49.9. The van der Waals surface area contributed by atoms with Gasteiger partial charge < -0.3 is 15.5 Å². The number of allylic oxidation sites excluding steroid dienone is 1. The number of carbonyl (C=O) groups is 1. The number of carbonyl (C=O) groups excluding carboxylic acids is 1. The van der Waals surface area contributed by atoms with E-state index < -0.39 is 12.1 Å². The minimum Gasteiger partial charge on any atom is -0.394 e. The van der Waals surface area contributed by atoms with Crippen molar-refractivity contribution in [3.63, 3.8) is 0 Å². The van der Waals surface area contributed by atoms with Gasteiger partial charge in [0.05, 0.1) is 18.8 Å². The quantitative estimate of drug-likeness (QED) is 0.0420. The highest BCUT2D eigenvalue weighted by Crippen LogP contribution is 2.19. The Labute approximate surface area is 435 Å². The Morgan fingerprint density at radius 3 is 0.754 bits per heavy atom. The molecule has 2 atom stereocenters. The Bertz CT molecular complexity index is 967. The lowest BCUT2D eigenvalue weighted by molar-refractivity contribution is -0.123. The van der Waals surface area contributed by atoms with Gasteiger partial charge in [-0.3, -0.25) is 4.79 Å². The average Bonchev–Trinajstić information content (AvgIpc) is 3.35. The third-order valence-electron chi connectivity index (χ3n) is 15.5. The molecule has 4 heteroatoms. The van der Waals surface area contributed by atoms with Gasteiger partial charge in [0.2, 0.25) is 5.91 Å². The standard InChI is InChI=1S/C65H129NO3/c1-3-5-7-9-11-13-15-17-19-21-23-25-27-29-31-32-33-35-37-39-41-43-45-47-49-51-53-55-57-59-61-65(69)66-63(62-67)64(68)60-58-56-54-52-50-48-46-44-42-40-38-36-34-30-28-26-24-22-20-18-16-14-12-10-8-6-4-2/h58,60,63-64,67-68H,3-57,59,61-62H2,1-2H3,(H,66,69)/b60-58+. The van der Waals surface area contributed by atoms with Gasteiger partial charge in [-0.1, -0.05) is 366 Å². The Morgan fingerprint density at radius 2 is 0.536 bits per heavy atom. The van der Waals surface area contributed by atoms with Crippen LogP contribution in [0.3, 0.4) is 0 Å². The third kappa shape index (κ3) is 57.9. The lowest BCUT2D eigenvalue weighted by Crippen LogP contribution is -2.45. The molecule has 0 aromatic rings. The number of aliphatic hydroxyl groups excluding tert-OH is 2. The highest BCUT2D eigenvalue weighted by atomic mass is 16.3. The Hall–Kier alpha value is -0.870. The summed E-state index contributed by atoms with van der Waals surface area (Å²) in [6, 6.07) is -0.619. The van der Waals surface area contributed by atoms with Gasteiger partial charge in [0, 0.05) is 6.42 Å². The van der Waals surface area contributed by atoms with E-state index >= 15 is 0 Å². The van der Waals surface area contributed by atoms with Gasteiger partial charge >= 0.3 is 0 Å². The van der Waals surface area contributed by atoms with Crippen LogP contribution in [0.5, 0.6) is 0 Å². The minimum atomic E-state index is -0.836. The molecule has 412 valence electrons. The predicted octanol–water partition coefficient (Wildman–Crippen LogP) is 21.7. The third-order valence-corrected chi connectivity index (χ3v) is 15.5. The van der Waals surface area contributed by atoms with Gasteiger partial charge in [0.15, 0.2) is 0 Å². The zero-order valence-electron chi connectivity index (χ0n) is 47.6. The van der Waals surface area contributed by atoms with E-state index in [1.165, 1.54) is 334 Å². The SMILES string of the molecule is CCCCCCCCCCCCCCCCCCCCCCCCCCC/C=C/C(O)C(CO)NC(=O)CCCCCCCCCCCCCCCCCCCCCCCCCCCCCCCC. The van der Waals surface area contributed by atoms with Crippen molar-refractivity contribution in [3.05, 3.63) is 12.2 Å². The van der Waals surface area contributed by atoms with E-state index in [-0.39, 0.29) is 12.5 Å². The molecule has 0 saturated carbocycles. The number of unbranched alkanes of at least 4 members (excludes halogenated alkanes) is 54. The van der Waals surface area contributed by atoms with E-state index in [4.69, 9.17) is 0 Å². The summed E-state index contributed by atoms with van der Waals surface area (Å²) in [7, 11) is 0. The lowest BCUT2D eigenvalue weighted by atomic mass is 10.0. The number of rotatable bonds is 61. The van der Waals surface area contributed by atoms with Crippen LogP contribution in [-0.2, 0) is 4.79 Å². The molecule has 3 N–H and O–H groups in total. The van der Waals surface area contributed by atoms with Crippen LogP contribution in [0.4, 0.5) is 0 Å². The fraction of sp³-hybridized carbons (Fsp3) is 0.954. The summed E-state index contributed by atoms with van der Waals surface area (Å²) in [6.07, 6.45) is 81.4. The van der Waals surface area contributed by atoms with E-state index in [2.05, 4.69) is 19.2 Å². The maximum atomic E-state index is 12.5. The van der Waals surface area contributed by atoms with E-state index in [1.54, 1.807) is 6.08 Å². The van der Waals surface area contributed by atoms with Crippen LogP contribution in [0, 0.1) is 0 Å². The summed E-state index contributed by atoms with van der Waals surface area (Å²) in [5, 5.41) is 23.3. The van der Waals surface area contributed by atoms with Crippen molar-refractivity contribution < 1.29 is 15.0 Å². The van der Waals surface area contributed by atoms with Gasteiger partial charge in [-0.25, -0.2) is 0 Å². The van der Waals surface area contributed by atoms with Crippen molar-refractivity contribution in [3.8, 4) is 0 Å². The van der Waals surface area contributed by atoms with E-state index in [1.807, 2.05) is 6.08 Å². The molecule has 0 radical (unpaired) electrons. The van der Waals surface area contributed by atoms with Crippen LogP contribution in [-0.4, -0.2) is 34.9 Å². The molecule has 0 aromatic carbocycles. The maximum Gasteiger partial charge on any atom is 0.220 e. The molecule has 0 fully saturated rings. The van der Waals surface area contributed by atoms with E-state index in [9.17, 15) is 15.0 Å². The highest BCUT2D eigenvalue weighted by Gasteiger charge is 2.18. The van der Waals surface area contributed by atoms with Crippen molar-refractivity contribution in [1.29, 1.82) is 0 Å². The van der Waals surface area contributed by atoms with Crippen molar-refractivity contribution >= 4 is 5.91 Å². The van der Waals surface area contributed by atoms with Crippen LogP contribution in [0.15, 0.2) is 12.2 Å². The summed E-state index contributed by atoms with van der Waals surface area (Å²) in [5.74, 6) is -0.0538. The van der Waals surface area contributed by atoms with Gasteiger partial charge in [0.25, 0.3) is 0 Å². The number of hydrogen-bond donors (Lipinski definition) is 3. The topological polar surface area (TPSA) is 69.6 Å². The van der Waals surface area contributed by atoms with Gasteiger partial charge in [-0.15, -0.1) is 0 Å². The van der Waals surface area contributed by atoms with Crippen molar-refractivity contribution in [1.82, 2.24) is 5.32 Å². The first-order valence-electron chi connectivity index (χ1n) is 32.4. The second kappa shape index (κ2) is 61.4. The minimum absolute atomic E-state index is 0.0538. The van der Waals surface area contributed by atoms with Crippen LogP contribution < -0.4 is 5.32 Å². The summed E-state index contributed by atoms with van der Waals surface area (Å²) in [5.41, 5.74) is 0. The Balaban J connectivity index is 3.41. The first kappa shape index (κ1) is 68.1. The van der Waals surface area contributed by atoms with Crippen LogP contribution >= 0.6 is 0 Å². The van der Waals surface area contributed by atoms with Crippen molar-refractivity contribution in [2.24, 2.45) is 0 Å². The largest absolute Gasteiger partial charge is 0.394 e. The number of nitrogens with one attached hydrogen (secondary N) is 1. The Morgan fingerprint density at radius 1 is 0.333 bits per heavy atom. The predicted molar refractivity (Wildman–Crippen MR) is 309 cm³/mol. The lowest BCUT2D eigenvalue weighted by Gasteiger charge is -2.20. The van der Waals surface area contributed by atoms with E-state index in [0.29, 0.717) is 6.42 Å².